The van der Waals surface area contributed by atoms with Crippen LogP contribution in [0.3, 0.4) is 0 Å². The van der Waals surface area contributed by atoms with Gasteiger partial charge < -0.3 is 9.47 Å². The van der Waals surface area contributed by atoms with Crippen molar-refractivity contribution in [1.82, 2.24) is 0 Å². The molecule has 21 heavy (non-hydrogen) atoms. The van der Waals surface area contributed by atoms with E-state index in [1.807, 2.05) is 0 Å². The van der Waals surface area contributed by atoms with E-state index in [9.17, 15) is 13.2 Å². The molecule has 0 amide bonds. The van der Waals surface area contributed by atoms with Gasteiger partial charge >= 0.3 is 0 Å². The SMILES string of the molecule is COc1ccc(C(C)=O)cc1CS(=O)(=O)C1CCOC1C. The summed E-state index contributed by atoms with van der Waals surface area (Å²) in [7, 11) is -1.87. The second-order valence-corrected chi connectivity index (χ2v) is 7.51. The fourth-order valence-corrected chi connectivity index (χ4v) is 4.61. The Balaban J connectivity index is 2.33. The Kier molecular flexibility index (Phi) is 4.68. The molecule has 0 aromatic heterocycles. The maximum atomic E-state index is 12.5. The van der Waals surface area contributed by atoms with Crippen LogP contribution in [0.2, 0.25) is 0 Å². The fourth-order valence-electron chi connectivity index (χ4n) is 2.62. The number of carbonyl (C=O) groups excluding carboxylic acids is 1. The van der Waals surface area contributed by atoms with E-state index in [0.29, 0.717) is 29.9 Å². The van der Waals surface area contributed by atoms with Crippen molar-refractivity contribution >= 4 is 15.6 Å². The summed E-state index contributed by atoms with van der Waals surface area (Å²) in [5.74, 6) is 0.236. The number of hydrogen-bond donors (Lipinski definition) is 0. The number of ketones is 1. The highest BCUT2D eigenvalue weighted by molar-refractivity contribution is 7.91. The zero-order valence-electron chi connectivity index (χ0n) is 12.5. The lowest BCUT2D eigenvalue weighted by Gasteiger charge is -2.16. The smallest absolute Gasteiger partial charge is 0.160 e. The number of hydrogen-bond acceptors (Lipinski definition) is 5. The van der Waals surface area contributed by atoms with Crippen LogP contribution in [0.25, 0.3) is 0 Å². The Bertz CT molecular complexity index is 635. The van der Waals surface area contributed by atoms with E-state index in [1.165, 1.54) is 14.0 Å². The van der Waals surface area contributed by atoms with Crippen LogP contribution < -0.4 is 4.74 Å². The highest BCUT2D eigenvalue weighted by Gasteiger charge is 2.36. The molecule has 1 saturated heterocycles. The van der Waals surface area contributed by atoms with Gasteiger partial charge in [-0.2, -0.15) is 0 Å². The van der Waals surface area contributed by atoms with Crippen LogP contribution in [0.5, 0.6) is 5.75 Å². The van der Waals surface area contributed by atoms with Crippen molar-refractivity contribution in [2.45, 2.75) is 37.4 Å². The number of methoxy groups -OCH3 is 1. The molecule has 0 saturated carbocycles. The van der Waals surface area contributed by atoms with Gasteiger partial charge in [-0.25, -0.2) is 8.42 Å². The number of carbonyl (C=O) groups is 1. The molecule has 0 aliphatic carbocycles. The molecule has 0 bridgehead atoms. The molecule has 1 aliphatic rings. The van der Waals surface area contributed by atoms with Gasteiger partial charge in [0.2, 0.25) is 0 Å². The number of rotatable bonds is 5. The summed E-state index contributed by atoms with van der Waals surface area (Å²) in [4.78, 5) is 11.5. The predicted octanol–water partition coefficient (Wildman–Crippen LogP) is 1.99. The van der Waals surface area contributed by atoms with E-state index >= 15 is 0 Å². The van der Waals surface area contributed by atoms with E-state index in [-0.39, 0.29) is 17.6 Å². The maximum absolute atomic E-state index is 12.5. The molecule has 1 aliphatic heterocycles. The Morgan fingerprint density at radius 1 is 1.43 bits per heavy atom. The minimum atomic E-state index is -3.35. The first-order chi connectivity index (χ1) is 9.85. The molecule has 0 radical (unpaired) electrons. The molecule has 1 fully saturated rings. The lowest BCUT2D eigenvalue weighted by atomic mass is 10.1. The Hall–Kier alpha value is -1.40. The van der Waals surface area contributed by atoms with Crippen molar-refractivity contribution in [3.63, 3.8) is 0 Å². The first kappa shape index (κ1) is 16.0. The number of ether oxygens (including phenoxy) is 2. The van der Waals surface area contributed by atoms with Gasteiger partial charge in [0.05, 0.1) is 24.2 Å². The maximum Gasteiger partial charge on any atom is 0.160 e. The van der Waals surface area contributed by atoms with Crippen molar-refractivity contribution in [2.75, 3.05) is 13.7 Å². The van der Waals surface area contributed by atoms with Crippen LogP contribution in [-0.4, -0.2) is 39.3 Å². The van der Waals surface area contributed by atoms with Gasteiger partial charge in [-0.1, -0.05) is 0 Å². The lowest BCUT2D eigenvalue weighted by molar-refractivity contribution is 0.101. The van der Waals surface area contributed by atoms with Crippen molar-refractivity contribution in [3.8, 4) is 5.75 Å². The summed E-state index contributed by atoms with van der Waals surface area (Å²) in [5.41, 5.74) is 1.00. The molecular formula is C15H20O5S. The molecule has 0 N–H and O–H groups in total. The van der Waals surface area contributed by atoms with Crippen molar-refractivity contribution < 1.29 is 22.7 Å². The highest BCUT2D eigenvalue weighted by atomic mass is 32.2. The molecule has 0 spiro atoms. The topological polar surface area (TPSA) is 69.7 Å². The van der Waals surface area contributed by atoms with Gasteiger partial charge in [-0.05, 0) is 38.5 Å². The summed E-state index contributed by atoms with van der Waals surface area (Å²) < 4.78 is 35.6. The molecule has 1 heterocycles. The third-order valence-corrected chi connectivity index (χ3v) is 6.07. The second kappa shape index (κ2) is 6.15. The number of Topliss-reactive ketones (excluding diaryl/α,β-unsaturated/α-hetero) is 1. The monoisotopic (exact) mass is 312 g/mol. The minimum absolute atomic E-state index is 0.103. The summed E-state index contributed by atoms with van der Waals surface area (Å²) in [6.45, 7) is 3.70. The van der Waals surface area contributed by atoms with Gasteiger partial charge in [0.1, 0.15) is 5.75 Å². The van der Waals surface area contributed by atoms with Gasteiger partial charge in [-0.15, -0.1) is 0 Å². The molecule has 1 aromatic rings. The second-order valence-electron chi connectivity index (χ2n) is 5.29. The summed E-state index contributed by atoms with van der Waals surface area (Å²) >= 11 is 0. The van der Waals surface area contributed by atoms with Crippen molar-refractivity contribution in [3.05, 3.63) is 29.3 Å². The average molecular weight is 312 g/mol. The van der Waals surface area contributed by atoms with Crippen LogP contribution in [-0.2, 0) is 20.3 Å². The molecule has 5 nitrogen and oxygen atoms in total. The van der Waals surface area contributed by atoms with Crippen LogP contribution >= 0.6 is 0 Å². The van der Waals surface area contributed by atoms with Crippen LogP contribution in [0.1, 0.15) is 36.2 Å². The average Bonchev–Trinajstić information content (AvgIpc) is 2.85. The minimum Gasteiger partial charge on any atom is -0.496 e. The molecular weight excluding hydrogens is 292 g/mol. The van der Waals surface area contributed by atoms with Gasteiger partial charge in [0, 0.05) is 17.7 Å². The van der Waals surface area contributed by atoms with Gasteiger partial charge in [-0.3, -0.25) is 4.79 Å². The number of sulfone groups is 1. The zero-order valence-corrected chi connectivity index (χ0v) is 13.3. The summed E-state index contributed by atoms with van der Waals surface area (Å²) in [6, 6.07) is 4.87. The molecule has 2 unspecified atom stereocenters. The predicted molar refractivity (Wildman–Crippen MR) is 79.4 cm³/mol. The molecule has 6 heteroatoms. The third-order valence-electron chi connectivity index (χ3n) is 3.81. The van der Waals surface area contributed by atoms with E-state index in [2.05, 4.69) is 0 Å². The van der Waals surface area contributed by atoms with Crippen LogP contribution in [0.15, 0.2) is 18.2 Å². The number of benzene rings is 1. The van der Waals surface area contributed by atoms with E-state index in [4.69, 9.17) is 9.47 Å². The standard InChI is InChI=1S/C15H20O5S/c1-10(16)12-4-5-14(19-3)13(8-12)9-21(17,18)15-6-7-20-11(15)2/h4-5,8,11,15H,6-7,9H2,1-3H3. The van der Waals surface area contributed by atoms with Crippen molar-refractivity contribution in [1.29, 1.82) is 0 Å². The molecule has 2 rings (SSSR count). The van der Waals surface area contributed by atoms with Crippen LogP contribution in [0.4, 0.5) is 0 Å². The quantitative estimate of drug-likeness (QED) is 0.778. The molecule has 116 valence electrons. The van der Waals surface area contributed by atoms with E-state index < -0.39 is 15.1 Å². The summed E-state index contributed by atoms with van der Waals surface area (Å²) in [6.07, 6.45) is 0.218. The van der Waals surface area contributed by atoms with Crippen LogP contribution in [0, 0.1) is 0 Å². The van der Waals surface area contributed by atoms with E-state index in [0.717, 1.165) is 0 Å². The first-order valence-corrected chi connectivity index (χ1v) is 8.57. The highest BCUT2D eigenvalue weighted by Crippen LogP contribution is 2.28. The zero-order chi connectivity index (χ0) is 15.6. The van der Waals surface area contributed by atoms with Gasteiger partial charge in [0.25, 0.3) is 0 Å². The Morgan fingerprint density at radius 3 is 2.67 bits per heavy atom. The molecule has 2 atom stereocenters. The third kappa shape index (κ3) is 3.44. The Morgan fingerprint density at radius 2 is 2.14 bits per heavy atom. The largest absolute Gasteiger partial charge is 0.496 e. The first-order valence-electron chi connectivity index (χ1n) is 6.86. The van der Waals surface area contributed by atoms with E-state index in [1.54, 1.807) is 25.1 Å². The van der Waals surface area contributed by atoms with Gasteiger partial charge in [0.15, 0.2) is 15.6 Å². The molecule has 1 aromatic carbocycles. The lowest BCUT2D eigenvalue weighted by Crippen LogP contribution is -2.29. The summed E-state index contributed by atoms with van der Waals surface area (Å²) in [5, 5.41) is -0.497. The van der Waals surface area contributed by atoms with Crippen molar-refractivity contribution in [2.24, 2.45) is 0 Å². The Labute approximate surface area is 125 Å². The fraction of sp³-hybridized carbons (Fsp3) is 0.533. The normalized spacial score (nSPS) is 22.2.